The van der Waals surface area contributed by atoms with Crippen LogP contribution in [0.5, 0.6) is 5.75 Å². The van der Waals surface area contributed by atoms with Crippen LogP contribution in [0.1, 0.15) is 36.8 Å². The molecule has 3 unspecified atom stereocenters. The number of aliphatic hydroxyl groups is 2. The van der Waals surface area contributed by atoms with Gasteiger partial charge in [0.2, 0.25) is 0 Å². The Morgan fingerprint density at radius 2 is 1.93 bits per heavy atom. The van der Waals surface area contributed by atoms with Gasteiger partial charge in [0.1, 0.15) is 5.75 Å². The summed E-state index contributed by atoms with van der Waals surface area (Å²) in [5.41, 5.74) is 1.09. The SMILES string of the molecule is COc1cccc(C23CCN(Cc4ccccc4)CC2(O)CCC(O)C3)c1. The van der Waals surface area contributed by atoms with Crippen molar-refractivity contribution in [3.63, 3.8) is 0 Å². The average Bonchev–Trinajstić information content (AvgIpc) is 2.69. The quantitative estimate of drug-likeness (QED) is 0.872. The van der Waals surface area contributed by atoms with Crippen LogP contribution in [0.3, 0.4) is 0 Å². The average molecular weight is 367 g/mol. The van der Waals surface area contributed by atoms with Crippen LogP contribution in [0, 0.1) is 0 Å². The lowest BCUT2D eigenvalue weighted by Gasteiger charge is -2.57. The minimum Gasteiger partial charge on any atom is -0.497 e. The van der Waals surface area contributed by atoms with Crippen LogP contribution in [0.2, 0.25) is 0 Å². The smallest absolute Gasteiger partial charge is 0.119 e. The fraction of sp³-hybridized carbons (Fsp3) is 0.478. The van der Waals surface area contributed by atoms with Crippen molar-refractivity contribution >= 4 is 0 Å². The summed E-state index contributed by atoms with van der Waals surface area (Å²) in [6.07, 6.45) is 2.35. The Balaban J connectivity index is 1.65. The molecule has 0 aromatic heterocycles. The van der Waals surface area contributed by atoms with E-state index in [0.29, 0.717) is 25.8 Å². The minimum absolute atomic E-state index is 0.364. The van der Waals surface area contributed by atoms with Crippen LogP contribution in [-0.2, 0) is 12.0 Å². The first-order chi connectivity index (χ1) is 13.0. The number of piperidine rings is 1. The first kappa shape index (κ1) is 18.5. The second kappa shape index (κ2) is 7.27. The van der Waals surface area contributed by atoms with Crippen LogP contribution < -0.4 is 4.74 Å². The monoisotopic (exact) mass is 367 g/mol. The molecule has 0 radical (unpaired) electrons. The van der Waals surface area contributed by atoms with E-state index in [4.69, 9.17) is 4.74 Å². The number of methoxy groups -OCH3 is 1. The van der Waals surface area contributed by atoms with Gasteiger partial charge in [0.15, 0.2) is 0 Å². The minimum atomic E-state index is -0.842. The number of ether oxygens (including phenoxy) is 1. The summed E-state index contributed by atoms with van der Waals surface area (Å²) in [5.74, 6) is 0.802. The Morgan fingerprint density at radius 3 is 2.70 bits per heavy atom. The van der Waals surface area contributed by atoms with E-state index in [1.54, 1.807) is 7.11 Å². The van der Waals surface area contributed by atoms with Crippen LogP contribution in [0.4, 0.5) is 0 Å². The third-order valence-corrected chi connectivity index (χ3v) is 6.58. The lowest BCUT2D eigenvalue weighted by Crippen LogP contribution is -2.65. The Kier molecular flexibility index (Phi) is 4.97. The van der Waals surface area contributed by atoms with Crippen molar-refractivity contribution in [3.8, 4) is 5.75 Å². The largest absolute Gasteiger partial charge is 0.497 e. The van der Waals surface area contributed by atoms with Crippen molar-refractivity contribution in [2.24, 2.45) is 0 Å². The van der Waals surface area contributed by atoms with Crippen molar-refractivity contribution in [2.45, 2.75) is 49.3 Å². The first-order valence-corrected chi connectivity index (χ1v) is 9.86. The molecule has 1 aliphatic heterocycles. The zero-order valence-corrected chi connectivity index (χ0v) is 16.0. The Hall–Kier alpha value is -1.88. The second-order valence-electron chi connectivity index (χ2n) is 8.19. The molecule has 1 saturated heterocycles. The van der Waals surface area contributed by atoms with Gasteiger partial charge in [0.25, 0.3) is 0 Å². The molecule has 1 aliphatic carbocycles. The Morgan fingerprint density at radius 1 is 1.11 bits per heavy atom. The fourth-order valence-corrected chi connectivity index (χ4v) is 5.13. The van der Waals surface area contributed by atoms with Crippen LogP contribution in [-0.4, -0.2) is 47.0 Å². The maximum Gasteiger partial charge on any atom is 0.119 e. The summed E-state index contributed by atoms with van der Waals surface area (Å²) < 4.78 is 5.43. The lowest BCUT2D eigenvalue weighted by molar-refractivity contribution is -0.143. The van der Waals surface area contributed by atoms with Gasteiger partial charge in [0, 0.05) is 18.5 Å². The zero-order valence-electron chi connectivity index (χ0n) is 16.0. The second-order valence-corrected chi connectivity index (χ2v) is 8.19. The molecule has 0 spiro atoms. The number of rotatable bonds is 4. The van der Waals surface area contributed by atoms with E-state index in [2.05, 4.69) is 35.2 Å². The molecular weight excluding hydrogens is 338 g/mol. The zero-order chi connectivity index (χ0) is 18.9. The van der Waals surface area contributed by atoms with E-state index in [9.17, 15) is 10.2 Å². The van der Waals surface area contributed by atoms with Crippen molar-refractivity contribution in [1.29, 1.82) is 0 Å². The molecule has 0 amide bonds. The molecule has 144 valence electrons. The predicted molar refractivity (Wildman–Crippen MR) is 106 cm³/mol. The summed E-state index contributed by atoms with van der Waals surface area (Å²) in [6, 6.07) is 18.5. The molecule has 2 aromatic carbocycles. The van der Waals surface area contributed by atoms with E-state index in [1.165, 1.54) is 5.56 Å². The van der Waals surface area contributed by atoms with Crippen molar-refractivity contribution < 1.29 is 14.9 Å². The number of likely N-dealkylation sites (tertiary alicyclic amines) is 1. The van der Waals surface area contributed by atoms with Gasteiger partial charge in [0.05, 0.1) is 18.8 Å². The highest BCUT2D eigenvalue weighted by Crippen LogP contribution is 2.52. The molecule has 1 heterocycles. The van der Waals surface area contributed by atoms with Crippen LogP contribution >= 0.6 is 0 Å². The van der Waals surface area contributed by atoms with Crippen LogP contribution in [0.15, 0.2) is 54.6 Å². The first-order valence-electron chi connectivity index (χ1n) is 9.86. The molecule has 27 heavy (non-hydrogen) atoms. The van der Waals surface area contributed by atoms with Crippen molar-refractivity contribution in [2.75, 3.05) is 20.2 Å². The highest BCUT2D eigenvalue weighted by molar-refractivity contribution is 5.38. The van der Waals surface area contributed by atoms with Crippen LogP contribution in [0.25, 0.3) is 0 Å². The lowest BCUT2D eigenvalue weighted by atomic mass is 9.55. The van der Waals surface area contributed by atoms with Gasteiger partial charge in [-0.1, -0.05) is 42.5 Å². The summed E-state index contributed by atoms with van der Waals surface area (Å²) >= 11 is 0. The van der Waals surface area contributed by atoms with E-state index in [-0.39, 0.29) is 6.10 Å². The summed E-state index contributed by atoms with van der Waals surface area (Å²) in [7, 11) is 1.67. The molecule has 1 saturated carbocycles. The molecule has 2 fully saturated rings. The van der Waals surface area contributed by atoms with Gasteiger partial charge in [-0.15, -0.1) is 0 Å². The number of β-amino-alcohol motifs (C(OH)–C–C–N with tert-alkyl or cyclic N) is 1. The number of hydrogen-bond donors (Lipinski definition) is 2. The Labute approximate surface area is 161 Å². The summed E-state index contributed by atoms with van der Waals surface area (Å²) in [5, 5.41) is 22.3. The number of fused-ring (bicyclic) bond motifs is 1. The van der Waals surface area contributed by atoms with E-state index >= 15 is 0 Å². The van der Waals surface area contributed by atoms with Crippen molar-refractivity contribution in [1.82, 2.24) is 4.90 Å². The highest BCUT2D eigenvalue weighted by atomic mass is 16.5. The Bertz CT molecular complexity index is 780. The van der Waals surface area contributed by atoms with E-state index in [1.807, 2.05) is 24.3 Å². The number of aliphatic hydroxyl groups excluding tert-OH is 1. The molecule has 4 rings (SSSR count). The molecular formula is C23H29NO3. The molecule has 4 heteroatoms. The number of benzene rings is 2. The van der Waals surface area contributed by atoms with Gasteiger partial charge in [-0.2, -0.15) is 0 Å². The van der Waals surface area contributed by atoms with Crippen molar-refractivity contribution in [3.05, 3.63) is 65.7 Å². The standard InChI is InChI=1S/C23H29NO3/c1-27-21-9-5-8-19(14-21)22-12-13-24(16-18-6-3-2-4-7-18)17-23(22,26)11-10-20(25)15-22/h2-9,14,20,25-26H,10-13,15-17H2,1H3. The van der Waals surface area contributed by atoms with E-state index < -0.39 is 11.0 Å². The molecule has 2 aliphatic rings. The number of nitrogens with zero attached hydrogens (tertiary/aromatic N) is 1. The fourth-order valence-electron chi connectivity index (χ4n) is 5.13. The highest BCUT2D eigenvalue weighted by Gasteiger charge is 2.57. The predicted octanol–water partition coefficient (Wildman–Crippen LogP) is 3.11. The normalized spacial score (nSPS) is 31.3. The third kappa shape index (κ3) is 3.38. The van der Waals surface area contributed by atoms with E-state index in [0.717, 1.165) is 30.8 Å². The molecule has 3 atom stereocenters. The maximum atomic E-state index is 11.8. The summed E-state index contributed by atoms with van der Waals surface area (Å²) in [4.78, 5) is 2.35. The van der Waals surface area contributed by atoms with Gasteiger partial charge in [-0.05, 0) is 55.5 Å². The molecule has 4 nitrogen and oxygen atoms in total. The van der Waals surface area contributed by atoms with Gasteiger partial charge >= 0.3 is 0 Å². The van der Waals surface area contributed by atoms with Gasteiger partial charge < -0.3 is 14.9 Å². The summed E-state index contributed by atoms with van der Waals surface area (Å²) in [6.45, 7) is 2.38. The molecule has 2 N–H and O–H groups in total. The number of hydrogen-bond acceptors (Lipinski definition) is 4. The molecule has 0 bridgehead atoms. The topological polar surface area (TPSA) is 52.9 Å². The van der Waals surface area contributed by atoms with Gasteiger partial charge in [-0.25, -0.2) is 0 Å². The third-order valence-electron chi connectivity index (χ3n) is 6.58. The van der Waals surface area contributed by atoms with Gasteiger partial charge in [-0.3, -0.25) is 4.90 Å². The maximum absolute atomic E-state index is 11.8. The molecule has 2 aromatic rings.